The zero-order valence-electron chi connectivity index (χ0n) is 7.95. The fourth-order valence-corrected chi connectivity index (χ4v) is 1.59. The van der Waals surface area contributed by atoms with Gasteiger partial charge in [0, 0.05) is 19.6 Å². The van der Waals surface area contributed by atoms with Gasteiger partial charge in [-0.05, 0) is 20.0 Å². The van der Waals surface area contributed by atoms with Crippen LogP contribution < -0.4 is 0 Å². The third kappa shape index (κ3) is 2.20. The van der Waals surface area contributed by atoms with Crippen molar-refractivity contribution in [1.29, 1.82) is 5.26 Å². The van der Waals surface area contributed by atoms with Crippen LogP contribution in [-0.4, -0.2) is 49.1 Å². The van der Waals surface area contributed by atoms with Gasteiger partial charge in [0.05, 0.1) is 6.07 Å². The van der Waals surface area contributed by atoms with Crippen LogP contribution in [0, 0.1) is 11.3 Å². The van der Waals surface area contributed by atoms with Gasteiger partial charge in [0.15, 0.2) is 0 Å². The van der Waals surface area contributed by atoms with Gasteiger partial charge in [0.1, 0.15) is 6.04 Å². The summed E-state index contributed by atoms with van der Waals surface area (Å²) in [5.74, 6) is 0. The Bertz CT molecular complexity index is 173. The van der Waals surface area contributed by atoms with Gasteiger partial charge in [-0.1, -0.05) is 6.92 Å². The highest BCUT2D eigenvalue weighted by Crippen LogP contribution is 2.06. The lowest BCUT2D eigenvalue weighted by atomic mass is 10.2. The molecular formula is C9H17N3. The second-order valence-corrected chi connectivity index (χ2v) is 3.43. The predicted molar refractivity (Wildman–Crippen MR) is 48.8 cm³/mol. The number of hydrogen-bond acceptors (Lipinski definition) is 3. The maximum absolute atomic E-state index is 8.83. The molecule has 1 aliphatic rings. The number of likely N-dealkylation sites (N-methyl/N-ethyl adjacent to an activating group) is 1. The van der Waals surface area contributed by atoms with Crippen molar-refractivity contribution in [1.82, 2.24) is 9.80 Å². The van der Waals surface area contributed by atoms with Crippen molar-refractivity contribution >= 4 is 0 Å². The summed E-state index contributed by atoms with van der Waals surface area (Å²) >= 11 is 0. The molecule has 12 heavy (non-hydrogen) atoms. The first-order valence-electron chi connectivity index (χ1n) is 4.60. The van der Waals surface area contributed by atoms with Crippen LogP contribution in [0.3, 0.4) is 0 Å². The summed E-state index contributed by atoms with van der Waals surface area (Å²) in [5.41, 5.74) is 0. The Balaban J connectivity index is 2.40. The van der Waals surface area contributed by atoms with Crippen molar-refractivity contribution in [3.63, 3.8) is 0 Å². The van der Waals surface area contributed by atoms with E-state index >= 15 is 0 Å². The molecule has 0 aromatic carbocycles. The summed E-state index contributed by atoms with van der Waals surface area (Å²) in [5, 5.41) is 8.83. The van der Waals surface area contributed by atoms with Gasteiger partial charge in [-0.2, -0.15) is 5.26 Å². The monoisotopic (exact) mass is 167 g/mol. The summed E-state index contributed by atoms with van der Waals surface area (Å²) in [6.45, 7) is 6.37. The van der Waals surface area contributed by atoms with Crippen LogP contribution in [0.1, 0.15) is 13.3 Å². The van der Waals surface area contributed by atoms with Gasteiger partial charge in [0.2, 0.25) is 0 Å². The zero-order valence-corrected chi connectivity index (χ0v) is 7.95. The van der Waals surface area contributed by atoms with E-state index in [0.717, 1.165) is 26.2 Å². The molecule has 0 aliphatic carbocycles. The summed E-state index contributed by atoms with van der Waals surface area (Å²) in [6, 6.07) is 2.43. The smallest absolute Gasteiger partial charge is 0.110 e. The van der Waals surface area contributed by atoms with Crippen LogP contribution in [0.4, 0.5) is 0 Å². The minimum Gasteiger partial charge on any atom is -0.299 e. The number of rotatable bonds is 2. The van der Waals surface area contributed by atoms with Crippen molar-refractivity contribution in [2.24, 2.45) is 0 Å². The second-order valence-electron chi connectivity index (χ2n) is 3.43. The highest BCUT2D eigenvalue weighted by Gasteiger charge is 2.22. The van der Waals surface area contributed by atoms with E-state index in [-0.39, 0.29) is 6.04 Å². The number of nitriles is 1. The first-order valence-corrected chi connectivity index (χ1v) is 4.60. The minimum absolute atomic E-state index is 0.102. The van der Waals surface area contributed by atoms with Crippen molar-refractivity contribution in [2.75, 3.05) is 33.2 Å². The number of nitrogens with zero attached hydrogens (tertiary/aromatic N) is 3. The van der Waals surface area contributed by atoms with Crippen molar-refractivity contribution in [3.05, 3.63) is 0 Å². The quantitative estimate of drug-likeness (QED) is 0.601. The van der Waals surface area contributed by atoms with Crippen LogP contribution in [0.5, 0.6) is 0 Å². The molecule has 0 radical (unpaired) electrons. The van der Waals surface area contributed by atoms with E-state index in [4.69, 9.17) is 5.26 Å². The van der Waals surface area contributed by atoms with Crippen LogP contribution in [0.2, 0.25) is 0 Å². The normalized spacial score (nSPS) is 26.9. The second kappa shape index (κ2) is 4.44. The molecule has 0 aromatic rings. The van der Waals surface area contributed by atoms with Crippen LogP contribution in [0.15, 0.2) is 0 Å². The largest absolute Gasteiger partial charge is 0.299 e. The Hall–Kier alpha value is -0.590. The fraction of sp³-hybridized carbons (Fsp3) is 0.889. The average molecular weight is 167 g/mol. The van der Waals surface area contributed by atoms with E-state index in [0.29, 0.717) is 0 Å². The van der Waals surface area contributed by atoms with Crippen LogP contribution in [0.25, 0.3) is 0 Å². The molecule has 0 bridgehead atoms. The molecule has 3 heteroatoms. The van der Waals surface area contributed by atoms with E-state index in [9.17, 15) is 0 Å². The molecule has 0 aromatic heterocycles. The summed E-state index contributed by atoms with van der Waals surface area (Å²) in [6.07, 6.45) is 1.18. The van der Waals surface area contributed by atoms with Crippen molar-refractivity contribution in [2.45, 2.75) is 19.4 Å². The van der Waals surface area contributed by atoms with E-state index in [2.05, 4.69) is 22.8 Å². The first kappa shape index (κ1) is 9.50. The van der Waals surface area contributed by atoms with Crippen LogP contribution >= 0.6 is 0 Å². The van der Waals surface area contributed by atoms with Gasteiger partial charge in [-0.25, -0.2) is 0 Å². The third-order valence-electron chi connectivity index (χ3n) is 2.42. The summed E-state index contributed by atoms with van der Waals surface area (Å²) in [7, 11) is 2.02. The average Bonchev–Trinajstić information content (AvgIpc) is 2.09. The Morgan fingerprint density at radius 3 is 2.83 bits per heavy atom. The highest BCUT2D eigenvalue weighted by atomic mass is 15.3. The van der Waals surface area contributed by atoms with E-state index in [1.54, 1.807) is 0 Å². The molecule has 1 fully saturated rings. The van der Waals surface area contributed by atoms with Gasteiger partial charge in [0.25, 0.3) is 0 Å². The molecule has 1 atom stereocenters. The van der Waals surface area contributed by atoms with E-state index in [1.807, 2.05) is 7.05 Å². The van der Waals surface area contributed by atoms with Gasteiger partial charge >= 0.3 is 0 Å². The Kier molecular flexibility index (Phi) is 3.51. The number of hydrogen-bond donors (Lipinski definition) is 0. The van der Waals surface area contributed by atoms with Crippen LogP contribution in [-0.2, 0) is 0 Å². The standard InChI is InChI=1S/C9H17N3/c1-3-4-12-6-5-11(2)9(7-10)8-12/h9H,3-6,8H2,1-2H3. The highest BCUT2D eigenvalue weighted by molar-refractivity contribution is 4.95. The van der Waals surface area contributed by atoms with Gasteiger partial charge in [-0.15, -0.1) is 0 Å². The maximum Gasteiger partial charge on any atom is 0.110 e. The molecule has 1 rings (SSSR count). The third-order valence-corrected chi connectivity index (χ3v) is 2.42. The topological polar surface area (TPSA) is 30.3 Å². The lowest BCUT2D eigenvalue weighted by molar-refractivity contribution is 0.123. The maximum atomic E-state index is 8.83. The Labute approximate surface area is 74.6 Å². The summed E-state index contributed by atoms with van der Waals surface area (Å²) in [4.78, 5) is 4.50. The van der Waals surface area contributed by atoms with Crippen molar-refractivity contribution in [3.8, 4) is 6.07 Å². The number of piperazine rings is 1. The van der Waals surface area contributed by atoms with Crippen molar-refractivity contribution < 1.29 is 0 Å². The molecule has 1 aliphatic heterocycles. The van der Waals surface area contributed by atoms with Gasteiger partial charge in [-0.3, -0.25) is 9.80 Å². The van der Waals surface area contributed by atoms with Gasteiger partial charge < -0.3 is 0 Å². The van der Waals surface area contributed by atoms with E-state index < -0.39 is 0 Å². The lowest BCUT2D eigenvalue weighted by Gasteiger charge is -2.35. The molecule has 0 saturated carbocycles. The Morgan fingerprint density at radius 1 is 1.50 bits per heavy atom. The molecule has 0 amide bonds. The van der Waals surface area contributed by atoms with E-state index in [1.165, 1.54) is 6.42 Å². The molecule has 1 unspecified atom stereocenters. The summed E-state index contributed by atoms with van der Waals surface area (Å²) < 4.78 is 0. The SMILES string of the molecule is CCCN1CCN(C)C(C#N)C1. The molecule has 0 spiro atoms. The molecule has 1 saturated heterocycles. The molecule has 68 valence electrons. The molecule has 3 nitrogen and oxygen atoms in total. The minimum atomic E-state index is 0.102. The first-order chi connectivity index (χ1) is 5.77. The molecular weight excluding hydrogens is 150 g/mol. The Morgan fingerprint density at radius 2 is 2.25 bits per heavy atom. The zero-order chi connectivity index (χ0) is 8.97. The molecule has 0 N–H and O–H groups in total. The predicted octanol–water partition coefficient (Wildman–Crippen LogP) is 0.536. The lowest BCUT2D eigenvalue weighted by Crippen LogP contribution is -2.50. The fourth-order valence-electron chi connectivity index (χ4n) is 1.59. The molecule has 1 heterocycles.